The summed E-state index contributed by atoms with van der Waals surface area (Å²) in [7, 11) is 0. The predicted octanol–water partition coefficient (Wildman–Crippen LogP) is 2.77. The summed E-state index contributed by atoms with van der Waals surface area (Å²) in [5, 5.41) is 10.9. The highest BCUT2D eigenvalue weighted by atomic mass is 19.4. The standard InChI is InChI=1S/C14H16F3N5/c15-14(16,17)13-19-18-11-5-6-12(20-22(11)13)21-7-9-3-1-2-4-10(9)8-21/h5-6,9-10H,1-4,7-8H2. The van der Waals surface area contributed by atoms with Gasteiger partial charge in [-0.3, -0.25) is 0 Å². The number of fused-ring (bicyclic) bond motifs is 2. The maximum atomic E-state index is 12.9. The summed E-state index contributed by atoms with van der Waals surface area (Å²) in [6.45, 7) is 1.76. The van der Waals surface area contributed by atoms with Gasteiger partial charge in [0.15, 0.2) is 5.65 Å². The minimum atomic E-state index is -4.55. The Kier molecular flexibility index (Phi) is 3.02. The van der Waals surface area contributed by atoms with Crippen molar-refractivity contribution in [1.82, 2.24) is 19.8 Å². The molecule has 2 unspecified atom stereocenters. The Morgan fingerprint density at radius 2 is 1.68 bits per heavy atom. The summed E-state index contributed by atoms with van der Waals surface area (Å²) in [5.74, 6) is 0.802. The van der Waals surface area contributed by atoms with Crippen molar-refractivity contribution in [3.63, 3.8) is 0 Å². The number of halogens is 3. The third-order valence-electron chi connectivity index (χ3n) is 4.80. The highest BCUT2D eigenvalue weighted by molar-refractivity contribution is 5.46. The van der Waals surface area contributed by atoms with Gasteiger partial charge in [0.1, 0.15) is 5.82 Å². The second-order valence-corrected chi connectivity index (χ2v) is 6.19. The van der Waals surface area contributed by atoms with Gasteiger partial charge in [0.25, 0.3) is 5.82 Å². The quantitative estimate of drug-likeness (QED) is 0.812. The van der Waals surface area contributed by atoms with E-state index >= 15 is 0 Å². The SMILES string of the molecule is FC(F)(F)c1nnc2ccc(N3CC4CCCCC4C3)nn12. The molecule has 8 heteroatoms. The van der Waals surface area contributed by atoms with E-state index in [-0.39, 0.29) is 5.65 Å². The average molecular weight is 311 g/mol. The predicted molar refractivity (Wildman–Crippen MR) is 73.4 cm³/mol. The van der Waals surface area contributed by atoms with Gasteiger partial charge in [-0.2, -0.15) is 17.7 Å². The van der Waals surface area contributed by atoms with Crippen molar-refractivity contribution in [3.05, 3.63) is 18.0 Å². The fourth-order valence-electron chi connectivity index (χ4n) is 3.72. The Hall–Kier alpha value is -1.86. The smallest absolute Gasteiger partial charge is 0.355 e. The highest BCUT2D eigenvalue weighted by Crippen LogP contribution is 2.37. The van der Waals surface area contributed by atoms with Crippen LogP contribution in [-0.2, 0) is 6.18 Å². The normalized spacial score (nSPS) is 25.7. The highest BCUT2D eigenvalue weighted by Gasteiger charge is 2.38. The molecule has 22 heavy (non-hydrogen) atoms. The van der Waals surface area contributed by atoms with Crippen LogP contribution in [-0.4, -0.2) is 32.9 Å². The van der Waals surface area contributed by atoms with E-state index in [1.807, 2.05) is 0 Å². The van der Waals surface area contributed by atoms with Crippen LogP contribution >= 0.6 is 0 Å². The van der Waals surface area contributed by atoms with Crippen molar-refractivity contribution in [1.29, 1.82) is 0 Å². The first-order chi connectivity index (χ1) is 10.5. The van der Waals surface area contributed by atoms with E-state index in [0.29, 0.717) is 17.7 Å². The summed E-state index contributed by atoms with van der Waals surface area (Å²) < 4.78 is 39.6. The Balaban J connectivity index is 1.68. The molecule has 3 heterocycles. The van der Waals surface area contributed by atoms with E-state index in [1.54, 1.807) is 12.1 Å². The number of anilines is 1. The topological polar surface area (TPSA) is 46.3 Å². The minimum Gasteiger partial charge on any atom is -0.355 e. The molecule has 0 amide bonds. The van der Waals surface area contributed by atoms with Crippen molar-refractivity contribution in [2.45, 2.75) is 31.9 Å². The average Bonchev–Trinajstić information content (AvgIpc) is 3.09. The van der Waals surface area contributed by atoms with Crippen LogP contribution < -0.4 is 4.90 Å². The first kappa shape index (κ1) is 13.8. The molecule has 118 valence electrons. The Labute approximate surface area is 125 Å². The summed E-state index contributed by atoms with van der Waals surface area (Å²) in [4.78, 5) is 2.10. The molecule has 0 aromatic carbocycles. The third kappa shape index (κ3) is 2.21. The Bertz CT molecular complexity index is 681. The van der Waals surface area contributed by atoms with Gasteiger partial charge in [-0.05, 0) is 36.8 Å². The van der Waals surface area contributed by atoms with Gasteiger partial charge in [-0.15, -0.1) is 15.3 Å². The first-order valence-electron chi connectivity index (χ1n) is 7.57. The van der Waals surface area contributed by atoms with Crippen LogP contribution in [0.5, 0.6) is 0 Å². The molecule has 2 aromatic rings. The van der Waals surface area contributed by atoms with Crippen LogP contribution in [0.25, 0.3) is 5.65 Å². The van der Waals surface area contributed by atoms with Crippen LogP contribution in [0.4, 0.5) is 19.0 Å². The van der Waals surface area contributed by atoms with Crippen LogP contribution in [0.3, 0.4) is 0 Å². The Morgan fingerprint density at radius 3 is 2.32 bits per heavy atom. The maximum absolute atomic E-state index is 12.9. The largest absolute Gasteiger partial charge is 0.453 e. The Morgan fingerprint density at radius 1 is 1.00 bits per heavy atom. The molecule has 1 saturated heterocycles. The molecule has 0 radical (unpaired) electrons. The molecular weight excluding hydrogens is 295 g/mol. The van der Waals surface area contributed by atoms with E-state index in [4.69, 9.17) is 0 Å². The molecule has 0 bridgehead atoms. The number of rotatable bonds is 1. The fraction of sp³-hybridized carbons (Fsp3) is 0.643. The number of hydrogen-bond acceptors (Lipinski definition) is 4. The molecule has 5 nitrogen and oxygen atoms in total. The van der Waals surface area contributed by atoms with E-state index in [2.05, 4.69) is 20.2 Å². The lowest BCUT2D eigenvalue weighted by Gasteiger charge is -2.22. The first-order valence-corrected chi connectivity index (χ1v) is 7.57. The van der Waals surface area contributed by atoms with Gasteiger partial charge in [-0.25, -0.2) is 0 Å². The zero-order chi connectivity index (χ0) is 15.3. The minimum absolute atomic E-state index is 0.118. The van der Waals surface area contributed by atoms with Gasteiger partial charge in [-0.1, -0.05) is 12.8 Å². The molecule has 1 aliphatic heterocycles. The molecule has 0 N–H and O–H groups in total. The molecule has 2 aromatic heterocycles. The monoisotopic (exact) mass is 311 g/mol. The fourth-order valence-corrected chi connectivity index (χ4v) is 3.72. The molecule has 0 spiro atoms. The zero-order valence-electron chi connectivity index (χ0n) is 11.9. The van der Waals surface area contributed by atoms with E-state index in [9.17, 15) is 13.2 Å². The van der Waals surface area contributed by atoms with Crippen LogP contribution in [0, 0.1) is 11.8 Å². The number of hydrogen-bond donors (Lipinski definition) is 0. The number of nitrogens with zero attached hydrogens (tertiary/aromatic N) is 5. The van der Waals surface area contributed by atoms with Gasteiger partial charge >= 0.3 is 6.18 Å². The van der Waals surface area contributed by atoms with Crippen molar-refractivity contribution in [2.24, 2.45) is 11.8 Å². The summed E-state index contributed by atoms with van der Waals surface area (Å²) in [5.41, 5.74) is 0.118. The lowest BCUT2D eigenvalue weighted by Crippen LogP contribution is -2.22. The molecule has 1 aliphatic carbocycles. The molecule has 2 fully saturated rings. The molecule has 4 rings (SSSR count). The van der Waals surface area contributed by atoms with Crippen molar-refractivity contribution >= 4 is 11.5 Å². The van der Waals surface area contributed by atoms with Gasteiger partial charge in [0.05, 0.1) is 0 Å². The molecule has 2 aliphatic rings. The van der Waals surface area contributed by atoms with E-state index in [1.165, 1.54) is 25.7 Å². The van der Waals surface area contributed by atoms with E-state index < -0.39 is 12.0 Å². The lowest BCUT2D eigenvalue weighted by atomic mass is 9.82. The lowest BCUT2D eigenvalue weighted by molar-refractivity contribution is -0.146. The third-order valence-corrected chi connectivity index (χ3v) is 4.80. The van der Waals surface area contributed by atoms with Crippen molar-refractivity contribution in [2.75, 3.05) is 18.0 Å². The van der Waals surface area contributed by atoms with Gasteiger partial charge in [0.2, 0.25) is 0 Å². The van der Waals surface area contributed by atoms with Crippen molar-refractivity contribution in [3.8, 4) is 0 Å². The van der Waals surface area contributed by atoms with E-state index in [0.717, 1.165) is 17.6 Å². The van der Waals surface area contributed by atoms with Crippen molar-refractivity contribution < 1.29 is 13.2 Å². The van der Waals surface area contributed by atoms with Crippen LogP contribution in [0.15, 0.2) is 12.1 Å². The molecular formula is C14H16F3N5. The zero-order valence-corrected chi connectivity index (χ0v) is 11.9. The maximum Gasteiger partial charge on any atom is 0.453 e. The van der Waals surface area contributed by atoms with Gasteiger partial charge in [0, 0.05) is 13.1 Å². The van der Waals surface area contributed by atoms with Crippen LogP contribution in [0.1, 0.15) is 31.5 Å². The second kappa shape index (κ2) is 4.82. The molecule has 1 saturated carbocycles. The number of aromatic nitrogens is 4. The number of alkyl halides is 3. The van der Waals surface area contributed by atoms with Crippen LogP contribution in [0.2, 0.25) is 0 Å². The summed E-state index contributed by atoms with van der Waals surface area (Å²) in [6.07, 6.45) is 0.383. The molecule has 2 atom stereocenters. The summed E-state index contributed by atoms with van der Waals surface area (Å²) in [6, 6.07) is 3.29. The van der Waals surface area contributed by atoms with Gasteiger partial charge < -0.3 is 4.90 Å². The summed E-state index contributed by atoms with van der Waals surface area (Å²) >= 11 is 0. The second-order valence-electron chi connectivity index (χ2n) is 6.19.